The number of para-hydroxylation sites is 1. The van der Waals surface area contributed by atoms with Crippen LogP contribution in [-0.2, 0) is 0 Å². The minimum absolute atomic E-state index is 0.00681. The largest absolute Gasteiger partial charge is 0.493 e. The summed E-state index contributed by atoms with van der Waals surface area (Å²) in [7, 11) is 0. The average molecular weight is 279 g/mol. The summed E-state index contributed by atoms with van der Waals surface area (Å²) in [4.78, 5) is 2.60. The van der Waals surface area contributed by atoms with Gasteiger partial charge >= 0.3 is 0 Å². The molecule has 0 saturated carbocycles. The van der Waals surface area contributed by atoms with Crippen LogP contribution in [0.15, 0.2) is 30.3 Å². The van der Waals surface area contributed by atoms with E-state index in [0.717, 1.165) is 5.75 Å². The Hall–Kier alpha value is -0.990. The highest BCUT2D eigenvalue weighted by molar-refractivity contribution is 7.12. The maximum Gasteiger partial charge on any atom is 0.122 e. The van der Waals surface area contributed by atoms with Crippen LogP contribution in [-0.4, -0.2) is 6.61 Å². The zero-order chi connectivity index (χ0) is 12.7. The Kier molecular flexibility index (Phi) is 3.08. The van der Waals surface area contributed by atoms with Gasteiger partial charge in [-0.05, 0) is 31.5 Å². The molecule has 0 saturated heterocycles. The van der Waals surface area contributed by atoms with Gasteiger partial charge in [0.2, 0.25) is 0 Å². The maximum absolute atomic E-state index is 6.69. The quantitative estimate of drug-likeness (QED) is 0.716. The van der Waals surface area contributed by atoms with Crippen molar-refractivity contribution in [1.82, 2.24) is 0 Å². The molecule has 0 radical (unpaired) electrons. The lowest BCUT2D eigenvalue weighted by Gasteiger charge is -2.15. The molecule has 2 atom stereocenters. The second-order valence-electron chi connectivity index (χ2n) is 4.76. The van der Waals surface area contributed by atoms with E-state index in [2.05, 4.69) is 32.0 Å². The molecular formula is C15H15ClOS. The second-order valence-corrected chi connectivity index (χ2v) is 6.52. The van der Waals surface area contributed by atoms with Gasteiger partial charge in [-0.3, -0.25) is 0 Å². The third-order valence-electron chi connectivity index (χ3n) is 3.42. The van der Waals surface area contributed by atoms with E-state index < -0.39 is 0 Å². The highest BCUT2D eigenvalue weighted by Crippen LogP contribution is 2.46. The van der Waals surface area contributed by atoms with Crippen molar-refractivity contribution in [3.8, 4) is 5.75 Å². The first-order valence-corrected chi connectivity index (χ1v) is 7.35. The van der Waals surface area contributed by atoms with E-state index in [4.69, 9.17) is 16.3 Å². The summed E-state index contributed by atoms with van der Waals surface area (Å²) >= 11 is 8.49. The van der Waals surface area contributed by atoms with Crippen molar-refractivity contribution in [3.05, 3.63) is 51.2 Å². The zero-order valence-corrected chi connectivity index (χ0v) is 12.0. The molecule has 0 fully saturated rings. The van der Waals surface area contributed by atoms with Crippen LogP contribution in [0, 0.1) is 13.8 Å². The Morgan fingerprint density at radius 1 is 1.33 bits per heavy atom. The van der Waals surface area contributed by atoms with Crippen molar-refractivity contribution in [2.24, 2.45) is 0 Å². The zero-order valence-electron chi connectivity index (χ0n) is 10.4. The van der Waals surface area contributed by atoms with Gasteiger partial charge < -0.3 is 4.74 Å². The minimum atomic E-state index is 0.00681. The number of hydrogen-bond acceptors (Lipinski definition) is 2. The molecule has 0 N–H and O–H groups in total. The van der Waals surface area contributed by atoms with Gasteiger partial charge in [0.25, 0.3) is 0 Å². The Labute approximate surface area is 116 Å². The molecule has 3 rings (SSSR count). The lowest BCUT2D eigenvalue weighted by molar-refractivity contribution is 0.328. The molecule has 2 unspecified atom stereocenters. The number of halogens is 1. The van der Waals surface area contributed by atoms with Crippen LogP contribution in [0.5, 0.6) is 5.75 Å². The molecule has 0 spiro atoms. The summed E-state index contributed by atoms with van der Waals surface area (Å²) in [6, 6.07) is 10.4. The summed E-state index contributed by atoms with van der Waals surface area (Å²) < 4.78 is 5.72. The number of rotatable bonds is 2. The molecule has 1 aromatic heterocycles. The Morgan fingerprint density at radius 2 is 2.11 bits per heavy atom. The van der Waals surface area contributed by atoms with Crippen molar-refractivity contribution >= 4 is 22.9 Å². The molecule has 3 heteroatoms. The van der Waals surface area contributed by atoms with E-state index in [1.54, 1.807) is 11.3 Å². The monoisotopic (exact) mass is 278 g/mol. The number of alkyl halides is 1. The van der Waals surface area contributed by atoms with Crippen molar-refractivity contribution in [1.29, 1.82) is 0 Å². The minimum Gasteiger partial charge on any atom is -0.493 e. The van der Waals surface area contributed by atoms with Crippen LogP contribution in [0.1, 0.15) is 32.2 Å². The summed E-state index contributed by atoms with van der Waals surface area (Å²) in [5.74, 6) is 1.25. The molecule has 0 amide bonds. The summed E-state index contributed by atoms with van der Waals surface area (Å²) in [6.07, 6.45) is 0. The first-order chi connectivity index (χ1) is 8.66. The first-order valence-electron chi connectivity index (χ1n) is 6.09. The van der Waals surface area contributed by atoms with E-state index in [9.17, 15) is 0 Å². The van der Waals surface area contributed by atoms with Crippen molar-refractivity contribution in [3.63, 3.8) is 0 Å². The van der Waals surface area contributed by atoms with Crippen molar-refractivity contribution in [2.75, 3.05) is 6.61 Å². The fourth-order valence-electron chi connectivity index (χ4n) is 2.55. The van der Waals surface area contributed by atoms with Gasteiger partial charge in [-0.15, -0.1) is 22.9 Å². The standard InChI is InChI=1S/C15H15ClOS/c1-9-7-10(2)18-15(9)14(16)12-8-17-13-6-4-3-5-11(12)13/h3-7,12,14H,8H2,1-2H3. The maximum atomic E-state index is 6.69. The van der Waals surface area contributed by atoms with Crippen molar-refractivity contribution in [2.45, 2.75) is 25.1 Å². The lowest BCUT2D eigenvalue weighted by Crippen LogP contribution is -2.07. The van der Waals surface area contributed by atoms with Crippen LogP contribution in [0.2, 0.25) is 0 Å². The second kappa shape index (κ2) is 4.60. The predicted molar refractivity (Wildman–Crippen MR) is 77.1 cm³/mol. The van der Waals surface area contributed by atoms with E-state index >= 15 is 0 Å². The van der Waals surface area contributed by atoms with Crippen LogP contribution in [0.4, 0.5) is 0 Å². The average Bonchev–Trinajstić information content (AvgIpc) is 2.92. The Morgan fingerprint density at radius 3 is 2.83 bits per heavy atom. The molecule has 1 nitrogen and oxygen atoms in total. The molecule has 0 aliphatic carbocycles. The number of benzene rings is 1. The van der Waals surface area contributed by atoms with Crippen LogP contribution in [0.25, 0.3) is 0 Å². The van der Waals surface area contributed by atoms with Crippen molar-refractivity contribution < 1.29 is 4.74 Å². The molecule has 1 aliphatic heterocycles. The molecular weight excluding hydrogens is 264 g/mol. The van der Waals surface area contributed by atoms with Crippen LogP contribution < -0.4 is 4.74 Å². The third kappa shape index (κ3) is 1.94. The predicted octanol–water partition coefficient (Wildman–Crippen LogP) is 4.82. The Bertz CT molecular complexity index is 576. The van der Waals surface area contributed by atoms with Gasteiger partial charge in [0.05, 0.1) is 12.0 Å². The molecule has 1 aliphatic rings. The van der Waals surface area contributed by atoms with Crippen LogP contribution in [0.3, 0.4) is 0 Å². The van der Waals surface area contributed by atoms with Gasteiger partial charge in [-0.25, -0.2) is 0 Å². The lowest BCUT2D eigenvalue weighted by atomic mass is 9.95. The first kappa shape index (κ1) is 12.1. The van der Waals surface area contributed by atoms with E-state index in [-0.39, 0.29) is 11.3 Å². The molecule has 94 valence electrons. The number of fused-ring (bicyclic) bond motifs is 1. The summed E-state index contributed by atoms with van der Waals surface area (Å²) in [5.41, 5.74) is 2.53. The molecule has 1 aromatic carbocycles. The van der Waals surface area contributed by atoms with Gasteiger partial charge in [0.1, 0.15) is 5.75 Å². The van der Waals surface area contributed by atoms with Crippen LogP contribution >= 0.6 is 22.9 Å². The summed E-state index contributed by atoms with van der Waals surface area (Å²) in [5, 5.41) is 0.00681. The van der Waals surface area contributed by atoms with E-state index in [1.807, 2.05) is 12.1 Å². The van der Waals surface area contributed by atoms with Gasteiger partial charge in [0, 0.05) is 21.2 Å². The molecule has 18 heavy (non-hydrogen) atoms. The highest BCUT2D eigenvalue weighted by atomic mass is 35.5. The topological polar surface area (TPSA) is 9.23 Å². The Balaban J connectivity index is 1.95. The summed E-state index contributed by atoms with van der Waals surface area (Å²) in [6.45, 7) is 4.95. The SMILES string of the molecule is Cc1cc(C)c(C(Cl)C2COc3ccccc32)s1. The van der Waals surface area contributed by atoms with E-state index in [1.165, 1.54) is 20.9 Å². The smallest absolute Gasteiger partial charge is 0.122 e. The number of thiophene rings is 1. The number of hydrogen-bond donors (Lipinski definition) is 0. The van der Waals surface area contributed by atoms with Gasteiger partial charge in [-0.1, -0.05) is 18.2 Å². The fraction of sp³-hybridized carbons (Fsp3) is 0.333. The number of ether oxygens (including phenoxy) is 1. The molecule has 2 aromatic rings. The molecule has 2 heterocycles. The highest BCUT2D eigenvalue weighted by Gasteiger charge is 2.32. The molecule has 0 bridgehead atoms. The van der Waals surface area contributed by atoms with Gasteiger partial charge in [0.15, 0.2) is 0 Å². The third-order valence-corrected chi connectivity index (χ3v) is 5.31. The normalized spacial score (nSPS) is 19.4. The van der Waals surface area contributed by atoms with E-state index in [0.29, 0.717) is 6.61 Å². The number of aryl methyl sites for hydroxylation is 2. The van der Waals surface area contributed by atoms with Gasteiger partial charge in [-0.2, -0.15) is 0 Å². The fourth-order valence-corrected chi connectivity index (χ4v) is 4.14.